The fourth-order valence-electron chi connectivity index (χ4n) is 8.10. The average molecular weight is 929 g/mol. The molecular weight excluding hydrogens is 873 g/mol. The second kappa shape index (κ2) is 20.9. The van der Waals surface area contributed by atoms with Gasteiger partial charge >= 0.3 is 23.9 Å². The molecule has 1 aliphatic carbocycles. The zero-order chi connectivity index (χ0) is 48.6. The van der Waals surface area contributed by atoms with Crippen molar-refractivity contribution in [2.45, 2.75) is 102 Å². The van der Waals surface area contributed by atoms with Gasteiger partial charge in [0.2, 0.25) is 17.8 Å². The molecule has 0 aromatic heterocycles. The number of esters is 4. The summed E-state index contributed by atoms with van der Waals surface area (Å²) in [5.41, 5.74) is 1.85. The first-order chi connectivity index (χ1) is 32.4. The standard InChI is InChI=1S/C53H56N2O13/c1-51(2,3)67-44(58)25-23-40(31-56)55-48(60)35-16-13-15-34(27-35)30-54-47(59)37-28-41(45-42(29-37)66-53(68-45,38-18-8-6-9-19-38)39-20-10-7-11-21-39)64-49(61)36-17-12-14-33(26-36)22-24-43(57)65-46-50(62)63-32-52(46,4)5/h6-22,24,26-27,29,40-42,45-46,56H,23,25,28,30-32H2,1-5H3,(H,54,59)(H,55,60). The SMILES string of the molecule is CC(C)(C)OC(=O)CCC(CO)NC(=O)c1cccc(CNC(=O)C2=CC3OC(c4ccccc4)(c4ccccc4)OC3C(OC(=O)c3cccc(C=CC(=O)OC4C(=O)OCC4(C)C)c3)C2)c1. The number of hydrogen-bond donors (Lipinski definition) is 3. The third-order valence-electron chi connectivity index (χ3n) is 11.5. The second-order valence-electron chi connectivity index (χ2n) is 18.6. The number of rotatable bonds is 16. The smallest absolute Gasteiger partial charge is 0.348 e. The van der Waals surface area contributed by atoms with E-state index in [0.29, 0.717) is 22.3 Å². The molecule has 15 nitrogen and oxygen atoms in total. The van der Waals surface area contributed by atoms with Crippen molar-refractivity contribution >= 4 is 41.8 Å². The highest BCUT2D eigenvalue weighted by molar-refractivity contribution is 5.96. The van der Waals surface area contributed by atoms with Crippen molar-refractivity contribution in [3.05, 3.63) is 160 Å². The number of carbonyl (C=O) groups is 6. The molecule has 5 unspecified atom stereocenters. The molecule has 2 saturated heterocycles. The number of hydrogen-bond acceptors (Lipinski definition) is 13. The van der Waals surface area contributed by atoms with Gasteiger partial charge in [-0.1, -0.05) is 98.8 Å². The Hall–Kier alpha value is -6.94. The van der Waals surface area contributed by atoms with Crippen LogP contribution in [0, 0.1) is 5.41 Å². The monoisotopic (exact) mass is 928 g/mol. The molecule has 2 fully saturated rings. The summed E-state index contributed by atoms with van der Waals surface area (Å²) in [5.74, 6) is -4.88. The Labute approximate surface area is 394 Å². The van der Waals surface area contributed by atoms with E-state index >= 15 is 0 Å². The maximum Gasteiger partial charge on any atom is 0.348 e. The van der Waals surface area contributed by atoms with Gasteiger partial charge in [-0.25, -0.2) is 14.4 Å². The first-order valence-electron chi connectivity index (χ1n) is 22.5. The quantitative estimate of drug-likeness (QED) is 0.0646. The summed E-state index contributed by atoms with van der Waals surface area (Å²) in [6.07, 6.45) is 0.675. The topological polar surface area (TPSA) is 202 Å². The number of cyclic esters (lactones) is 1. The largest absolute Gasteiger partial charge is 0.462 e. The van der Waals surface area contributed by atoms with Gasteiger partial charge < -0.3 is 44.2 Å². The van der Waals surface area contributed by atoms with E-state index in [1.165, 1.54) is 18.2 Å². The van der Waals surface area contributed by atoms with Crippen molar-refractivity contribution in [3.8, 4) is 0 Å². The molecule has 2 aliphatic heterocycles. The van der Waals surface area contributed by atoms with Crippen LogP contribution >= 0.6 is 0 Å². The van der Waals surface area contributed by atoms with Crippen molar-refractivity contribution in [2.24, 2.45) is 5.41 Å². The van der Waals surface area contributed by atoms with E-state index in [1.807, 2.05) is 60.7 Å². The fraction of sp³-hybridized carbons (Fsp3) is 0.358. The third-order valence-corrected chi connectivity index (χ3v) is 11.5. The first kappa shape index (κ1) is 49.0. The molecule has 5 atom stereocenters. The molecule has 68 heavy (non-hydrogen) atoms. The predicted molar refractivity (Wildman–Crippen MR) is 247 cm³/mol. The summed E-state index contributed by atoms with van der Waals surface area (Å²) in [7, 11) is 0. The molecule has 7 rings (SSSR count). The van der Waals surface area contributed by atoms with Gasteiger partial charge in [0.15, 0.2) is 0 Å². The predicted octanol–water partition coefficient (Wildman–Crippen LogP) is 6.26. The van der Waals surface area contributed by atoms with Crippen LogP contribution in [0.2, 0.25) is 0 Å². The van der Waals surface area contributed by atoms with E-state index in [1.54, 1.807) is 83.2 Å². The third kappa shape index (κ3) is 12.0. The lowest BCUT2D eigenvalue weighted by atomic mass is 9.90. The minimum absolute atomic E-state index is 0.00885. The summed E-state index contributed by atoms with van der Waals surface area (Å²) in [5, 5.41) is 15.6. The lowest BCUT2D eigenvalue weighted by Gasteiger charge is -2.31. The number of amides is 2. The van der Waals surface area contributed by atoms with Crippen molar-refractivity contribution in [3.63, 3.8) is 0 Å². The Bertz CT molecular complexity index is 2530. The Kier molecular flexibility index (Phi) is 15.1. The number of carbonyl (C=O) groups excluding carboxylic acids is 6. The molecular formula is C53H56N2O13. The van der Waals surface area contributed by atoms with Gasteiger partial charge in [0.1, 0.15) is 30.5 Å². The maximum absolute atomic E-state index is 14.1. The average Bonchev–Trinajstić information content (AvgIpc) is 3.85. The Morgan fingerprint density at radius 1 is 0.838 bits per heavy atom. The van der Waals surface area contributed by atoms with Gasteiger partial charge in [0, 0.05) is 53.1 Å². The van der Waals surface area contributed by atoms with Gasteiger partial charge in [-0.05, 0) is 74.7 Å². The van der Waals surface area contributed by atoms with Crippen LogP contribution in [-0.4, -0.2) is 90.1 Å². The second-order valence-corrected chi connectivity index (χ2v) is 18.6. The Morgan fingerprint density at radius 3 is 2.16 bits per heavy atom. The van der Waals surface area contributed by atoms with Crippen molar-refractivity contribution < 1.29 is 62.3 Å². The Morgan fingerprint density at radius 2 is 1.51 bits per heavy atom. The van der Waals surface area contributed by atoms with Crippen LogP contribution in [0.4, 0.5) is 0 Å². The van der Waals surface area contributed by atoms with E-state index in [0.717, 1.165) is 0 Å². The number of aliphatic hydroxyl groups is 1. The summed E-state index contributed by atoms with van der Waals surface area (Å²) in [4.78, 5) is 78.5. The molecule has 356 valence electrons. The van der Waals surface area contributed by atoms with Crippen LogP contribution in [0.3, 0.4) is 0 Å². The molecule has 4 aromatic rings. The van der Waals surface area contributed by atoms with E-state index in [-0.39, 0.29) is 55.7 Å². The van der Waals surface area contributed by atoms with Gasteiger partial charge in [-0.3, -0.25) is 14.4 Å². The first-order valence-corrected chi connectivity index (χ1v) is 22.5. The summed E-state index contributed by atoms with van der Waals surface area (Å²) < 4.78 is 35.7. The van der Waals surface area contributed by atoms with E-state index in [4.69, 9.17) is 28.4 Å². The lowest BCUT2D eigenvalue weighted by molar-refractivity contribution is -0.159. The van der Waals surface area contributed by atoms with Gasteiger partial charge in [-0.15, -0.1) is 0 Å². The van der Waals surface area contributed by atoms with Crippen LogP contribution in [0.25, 0.3) is 6.08 Å². The van der Waals surface area contributed by atoms with Crippen molar-refractivity contribution in [2.75, 3.05) is 13.2 Å². The molecule has 0 saturated carbocycles. The molecule has 3 N–H and O–H groups in total. The summed E-state index contributed by atoms with van der Waals surface area (Å²) in [6, 6.07) is 31.1. The highest BCUT2D eigenvalue weighted by atomic mass is 16.8. The number of fused-ring (bicyclic) bond motifs is 1. The minimum Gasteiger partial charge on any atom is -0.462 e. The molecule has 0 radical (unpaired) electrons. The van der Waals surface area contributed by atoms with Crippen LogP contribution < -0.4 is 10.6 Å². The molecule has 15 heteroatoms. The molecule has 0 bridgehead atoms. The van der Waals surface area contributed by atoms with Crippen LogP contribution in [0.5, 0.6) is 0 Å². The van der Waals surface area contributed by atoms with Crippen molar-refractivity contribution in [1.29, 1.82) is 0 Å². The number of benzene rings is 4. The van der Waals surface area contributed by atoms with E-state index in [9.17, 15) is 33.9 Å². The molecule has 3 aliphatic rings. The molecule has 0 spiro atoms. The fourth-order valence-corrected chi connectivity index (χ4v) is 8.10. The van der Waals surface area contributed by atoms with Crippen molar-refractivity contribution in [1.82, 2.24) is 10.6 Å². The number of ether oxygens (including phenoxy) is 6. The zero-order valence-corrected chi connectivity index (χ0v) is 38.6. The lowest BCUT2D eigenvalue weighted by Crippen LogP contribution is -2.43. The molecule has 4 aromatic carbocycles. The van der Waals surface area contributed by atoms with Gasteiger partial charge in [0.25, 0.3) is 5.91 Å². The normalized spacial score (nSPS) is 20.9. The van der Waals surface area contributed by atoms with E-state index < -0.39 is 83.0 Å². The van der Waals surface area contributed by atoms with Crippen LogP contribution in [-0.2, 0) is 59.9 Å². The van der Waals surface area contributed by atoms with Crippen LogP contribution in [0.15, 0.2) is 127 Å². The zero-order valence-electron chi connectivity index (χ0n) is 38.6. The summed E-state index contributed by atoms with van der Waals surface area (Å²) in [6.45, 7) is 8.59. The highest BCUT2D eigenvalue weighted by Gasteiger charge is 2.55. The minimum atomic E-state index is -1.43. The van der Waals surface area contributed by atoms with Crippen LogP contribution in [0.1, 0.15) is 96.9 Å². The number of nitrogens with one attached hydrogen (secondary N) is 2. The number of aliphatic hydroxyl groups excluding tert-OH is 1. The molecule has 2 heterocycles. The molecule has 2 amide bonds. The van der Waals surface area contributed by atoms with Gasteiger partial charge in [0.05, 0.1) is 18.2 Å². The van der Waals surface area contributed by atoms with E-state index in [2.05, 4.69) is 10.6 Å². The highest BCUT2D eigenvalue weighted by Crippen LogP contribution is 2.47. The summed E-state index contributed by atoms with van der Waals surface area (Å²) >= 11 is 0. The Balaban J connectivity index is 1.07. The maximum atomic E-state index is 14.1. The van der Waals surface area contributed by atoms with Gasteiger partial charge in [-0.2, -0.15) is 0 Å².